The maximum Gasteiger partial charge on any atom is 0.431 e. The Morgan fingerprint density at radius 3 is 2.41 bits per heavy atom. The average molecular weight is 572 g/mol. The van der Waals surface area contributed by atoms with E-state index in [1.165, 1.54) is 6.92 Å². The van der Waals surface area contributed by atoms with Gasteiger partial charge in [-0.3, -0.25) is 19.0 Å². The number of carbonyl (C=O) groups excluding carboxylic acids is 2. The number of aromatic nitrogens is 2. The number of rotatable bonds is 9. The first-order valence-electron chi connectivity index (χ1n) is 11.3. The third kappa shape index (κ3) is 7.25. The third-order valence-electron chi connectivity index (χ3n) is 5.40. The molecule has 0 radical (unpaired) electrons. The predicted octanol–water partition coefficient (Wildman–Crippen LogP) is 3.36. The number of hydrogen-bond donors (Lipinski definition) is 1. The molecule has 1 heterocycles. The lowest BCUT2D eigenvalue weighted by Gasteiger charge is -2.18. The minimum atomic E-state index is -5.00. The highest BCUT2D eigenvalue weighted by atomic mass is 35.5. The maximum absolute atomic E-state index is 14.7. The van der Waals surface area contributed by atoms with Crippen molar-refractivity contribution in [2.45, 2.75) is 32.2 Å². The molecule has 39 heavy (non-hydrogen) atoms. The van der Waals surface area contributed by atoms with Crippen LogP contribution in [0.5, 0.6) is 5.75 Å². The van der Waals surface area contributed by atoms with Crippen LogP contribution in [0.25, 0.3) is 5.69 Å². The Morgan fingerprint density at radius 1 is 1.10 bits per heavy atom. The van der Waals surface area contributed by atoms with E-state index in [0.717, 1.165) is 18.7 Å². The molecule has 1 unspecified atom stereocenters. The molecule has 0 saturated heterocycles. The number of hydrogen-bond acceptors (Lipinski definition) is 6. The van der Waals surface area contributed by atoms with E-state index in [1.54, 1.807) is 24.3 Å². The van der Waals surface area contributed by atoms with Crippen LogP contribution in [0.4, 0.5) is 17.6 Å². The molecule has 0 aliphatic heterocycles. The maximum atomic E-state index is 14.7. The largest absolute Gasteiger partial charge is 0.479 e. The van der Waals surface area contributed by atoms with E-state index in [1.807, 2.05) is 6.07 Å². The molecule has 1 amide bonds. The van der Waals surface area contributed by atoms with Gasteiger partial charge >= 0.3 is 17.8 Å². The minimum absolute atomic E-state index is 0.0731. The van der Waals surface area contributed by atoms with Crippen molar-refractivity contribution in [3.05, 3.63) is 91.5 Å². The number of amides is 1. The Hall–Kier alpha value is -4.13. The minimum Gasteiger partial charge on any atom is -0.479 e. The van der Waals surface area contributed by atoms with Crippen LogP contribution in [0.15, 0.2) is 58.1 Å². The Kier molecular flexibility index (Phi) is 9.17. The fraction of sp³-hybridized carbons (Fsp3) is 0.280. The molecule has 0 aliphatic carbocycles. The summed E-state index contributed by atoms with van der Waals surface area (Å²) in [4.78, 5) is 49.2. The van der Waals surface area contributed by atoms with Gasteiger partial charge < -0.3 is 14.8 Å². The average Bonchev–Trinajstić information content (AvgIpc) is 2.87. The second-order valence-electron chi connectivity index (χ2n) is 8.22. The second-order valence-corrected chi connectivity index (χ2v) is 8.63. The molecular formula is C25H22ClF4N3O6. The third-order valence-corrected chi connectivity index (χ3v) is 5.69. The molecule has 14 heteroatoms. The van der Waals surface area contributed by atoms with Crippen molar-refractivity contribution in [1.82, 2.24) is 14.5 Å². The van der Waals surface area contributed by atoms with Crippen molar-refractivity contribution >= 4 is 23.5 Å². The number of nitrogens with zero attached hydrogens (tertiary/aromatic N) is 2. The monoisotopic (exact) mass is 571 g/mol. The van der Waals surface area contributed by atoms with Crippen LogP contribution in [-0.4, -0.2) is 33.7 Å². The topological polar surface area (TPSA) is 109 Å². The SMILES string of the molecule is CC(Oc1cc(-n2c(=O)cc(C(F)(F)F)n(C)c2=O)c(F)cc1Cl)C(=O)NCCC(=O)OCc1ccccc1. The Morgan fingerprint density at radius 2 is 1.77 bits per heavy atom. The summed E-state index contributed by atoms with van der Waals surface area (Å²) in [5, 5.41) is 2.12. The fourth-order valence-corrected chi connectivity index (χ4v) is 3.58. The van der Waals surface area contributed by atoms with E-state index in [4.69, 9.17) is 21.1 Å². The predicted molar refractivity (Wildman–Crippen MR) is 131 cm³/mol. The zero-order chi connectivity index (χ0) is 28.9. The first-order valence-corrected chi connectivity index (χ1v) is 11.7. The van der Waals surface area contributed by atoms with Crippen molar-refractivity contribution in [1.29, 1.82) is 0 Å². The van der Waals surface area contributed by atoms with Gasteiger partial charge in [-0.1, -0.05) is 41.9 Å². The van der Waals surface area contributed by atoms with E-state index in [0.29, 0.717) is 6.07 Å². The summed E-state index contributed by atoms with van der Waals surface area (Å²) in [6.07, 6.45) is -6.37. The van der Waals surface area contributed by atoms with Gasteiger partial charge in [0, 0.05) is 25.7 Å². The standard InChI is InChI=1S/C25H22ClF4N3O6/c1-14(23(36)31-9-8-22(35)38-13-15-6-4-3-5-7-15)39-19-11-18(17(27)10-16(19)26)33-21(34)12-20(25(28,29)30)32(2)24(33)37/h3-7,10-12,14H,8-9,13H2,1-2H3,(H,31,36). The zero-order valence-electron chi connectivity index (χ0n) is 20.6. The Bertz CT molecular complexity index is 1490. The molecule has 0 saturated carbocycles. The lowest BCUT2D eigenvalue weighted by Crippen LogP contribution is -2.41. The molecule has 0 spiro atoms. The number of ether oxygens (including phenoxy) is 2. The van der Waals surface area contributed by atoms with Gasteiger partial charge in [0.05, 0.1) is 17.1 Å². The van der Waals surface area contributed by atoms with Crippen LogP contribution in [-0.2, 0) is 34.2 Å². The van der Waals surface area contributed by atoms with Crippen LogP contribution in [0.3, 0.4) is 0 Å². The summed E-state index contributed by atoms with van der Waals surface area (Å²) in [5.74, 6) is -2.76. The first-order chi connectivity index (χ1) is 18.3. The zero-order valence-corrected chi connectivity index (χ0v) is 21.3. The smallest absolute Gasteiger partial charge is 0.431 e. The molecule has 2 aromatic carbocycles. The number of benzene rings is 2. The van der Waals surface area contributed by atoms with E-state index in [2.05, 4.69) is 5.32 Å². The number of esters is 1. The molecule has 1 atom stereocenters. The van der Waals surface area contributed by atoms with Crippen LogP contribution >= 0.6 is 11.6 Å². The molecule has 3 rings (SSSR count). The van der Waals surface area contributed by atoms with Crippen LogP contribution < -0.4 is 21.3 Å². The highest BCUT2D eigenvalue weighted by Gasteiger charge is 2.35. The molecule has 208 valence electrons. The molecule has 0 fully saturated rings. The van der Waals surface area contributed by atoms with Crippen molar-refractivity contribution < 1.29 is 36.6 Å². The number of nitrogens with one attached hydrogen (secondary N) is 1. The molecule has 3 aromatic rings. The van der Waals surface area contributed by atoms with E-state index < -0.39 is 52.6 Å². The summed E-state index contributed by atoms with van der Waals surface area (Å²) in [6, 6.07) is 10.6. The van der Waals surface area contributed by atoms with E-state index in [-0.39, 0.29) is 45.5 Å². The van der Waals surface area contributed by atoms with Crippen LogP contribution in [0.2, 0.25) is 5.02 Å². The van der Waals surface area contributed by atoms with Gasteiger partial charge in [0.15, 0.2) is 6.10 Å². The molecule has 9 nitrogen and oxygen atoms in total. The van der Waals surface area contributed by atoms with Crippen LogP contribution in [0.1, 0.15) is 24.6 Å². The van der Waals surface area contributed by atoms with Crippen molar-refractivity contribution in [2.24, 2.45) is 7.05 Å². The van der Waals surface area contributed by atoms with Crippen molar-refractivity contribution in [2.75, 3.05) is 6.54 Å². The Labute approximate surface area is 223 Å². The first kappa shape index (κ1) is 29.4. The lowest BCUT2D eigenvalue weighted by molar-refractivity contribution is -0.145. The van der Waals surface area contributed by atoms with Gasteiger partial charge in [0.2, 0.25) is 0 Å². The number of alkyl halides is 3. The summed E-state index contributed by atoms with van der Waals surface area (Å²) in [6.45, 7) is 1.30. The highest BCUT2D eigenvalue weighted by molar-refractivity contribution is 6.32. The summed E-state index contributed by atoms with van der Waals surface area (Å²) < 4.78 is 64.9. The quantitative estimate of drug-likeness (QED) is 0.312. The van der Waals surface area contributed by atoms with Gasteiger partial charge in [0.25, 0.3) is 11.5 Å². The van der Waals surface area contributed by atoms with Crippen LogP contribution in [0, 0.1) is 5.82 Å². The molecule has 0 aliphatic rings. The lowest BCUT2D eigenvalue weighted by atomic mass is 10.2. The molecular weight excluding hydrogens is 550 g/mol. The summed E-state index contributed by atoms with van der Waals surface area (Å²) >= 11 is 5.99. The second kappa shape index (κ2) is 12.2. The molecule has 1 N–H and O–H groups in total. The van der Waals surface area contributed by atoms with Gasteiger partial charge in [-0.05, 0) is 18.6 Å². The van der Waals surface area contributed by atoms with Crippen molar-refractivity contribution in [3.63, 3.8) is 0 Å². The number of carbonyl (C=O) groups is 2. The van der Waals surface area contributed by atoms with E-state index in [9.17, 15) is 36.7 Å². The van der Waals surface area contributed by atoms with E-state index >= 15 is 0 Å². The summed E-state index contributed by atoms with van der Waals surface area (Å²) in [7, 11) is 0.774. The Balaban J connectivity index is 1.69. The normalized spacial score (nSPS) is 12.1. The molecule has 1 aromatic heterocycles. The van der Waals surface area contributed by atoms with Gasteiger partial charge in [-0.25, -0.2) is 13.8 Å². The highest BCUT2D eigenvalue weighted by Crippen LogP contribution is 2.30. The van der Waals surface area contributed by atoms with Gasteiger partial charge in [-0.2, -0.15) is 13.2 Å². The van der Waals surface area contributed by atoms with Gasteiger partial charge in [0.1, 0.15) is 23.9 Å². The van der Waals surface area contributed by atoms with Crippen molar-refractivity contribution in [3.8, 4) is 11.4 Å². The summed E-state index contributed by atoms with van der Waals surface area (Å²) in [5.41, 5.74) is -4.37. The fourth-order valence-electron chi connectivity index (χ4n) is 3.39. The molecule has 0 bridgehead atoms. The number of halogens is 5. The van der Waals surface area contributed by atoms with Gasteiger partial charge in [-0.15, -0.1) is 0 Å².